The molecule has 142 valence electrons. The van der Waals surface area contributed by atoms with Gasteiger partial charge in [0.25, 0.3) is 0 Å². The van der Waals surface area contributed by atoms with Crippen molar-refractivity contribution < 1.29 is 19.4 Å². The van der Waals surface area contributed by atoms with Crippen LogP contribution < -0.4 is 0 Å². The lowest BCUT2D eigenvalue weighted by Gasteiger charge is -2.26. The fraction of sp³-hybridized carbons (Fsp3) is 0.500. The third-order valence-corrected chi connectivity index (χ3v) is 5.62. The fourth-order valence-electron chi connectivity index (χ4n) is 2.89. The van der Waals surface area contributed by atoms with Crippen LogP contribution in [-0.4, -0.2) is 46.5 Å². The van der Waals surface area contributed by atoms with Crippen molar-refractivity contribution in [3.63, 3.8) is 0 Å². The average molecular weight is 378 g/mol. The van der Waals surface area contributed by atoms with Crippen molar-refractivity contribution in [3.05, 3.63) is 46.9 Å². The summed E-state index contributed by atoms with van der Waals surface area (Å²) in [6.45, 7) is 5.73. The van der Waals surface area contributed by atoms with Crippen molar-refractivity contribution in [2.45, 2.75) is 45.8 Å². The molecular formula is C20H27NO4S. The zero-order chi connectivity index (χ0) is 19.1. The summed E-state index contributed by atoms with van der Waals surface area (Å²) in [4.78, 5) is 26.1. The number of cyclic esters (lactones) is 1. The molecule has 0 aromatic heterocycles. The summed E-state index contributed by atoms with van der Waals surface area (Å²) in [5.74, 6) is -0.143. The third kappa shape index (κ3) is 5.11. The molecule has 6 heteroatoms. The number of aliphatic hydroxyl groups is 1. The number of imide groups is 1. The van der Waals surface area contributed by atoms with Crippen LogP contribution in [0.1, 0.15) is 32.8 Å². The molecule has 0 spiro atoms. The Labute approximate surface area is 159 Å². The maximum Gasteiger partial charge on any atom is 0.416 e. The van der Waals surface area contributed by atoms with Gasteiger partial charge in [0.2, 0.25) is 5.91 Å². The summed E-state index contributed by atoms with van der Waals surface area (Å²) in [6, 6.07) is 9.35. The predicted octanol–water partition coefficient (Wildman–Crippen LogP) is 3.62. The molecule has 1 saturated heterocycles. The number of carbonyl (C=O) groups is 2. The predicted molar refractivity (Wildman–Crippen MR) is 104 cm³/mol. The molecule has 0 bridgehead atoms. The lowest BCUT2D eigenvalue weighted by atomic mass is 9.96. The van der Waals surface area contributed by atoms with Gasteiger partial charge < -0.3 is 9.84 Å². The molecule has 1 fully saturated rings. The zero-order valence-electron chi connectivity index (χ0n) is 15.6. The molecule has 1 aliphatic heterocycles. The van der Waals surface area contributed by atoms with E-state index in [2.05, 4.69) is 6.92 Å². The van der Waals surface area contributed by atoms with E-state index in [-0.39, 0.29) is 12.6 Å². The minimum atomic E-state index is -0.919. The van der Waals surface area contributed by atoms with E-state index in [0.717, 1.165) is 23.3 Å². The van der Waals surface area contributed by atoms with Gasteiger partial charge in [-0.1, -0.05) is 44.2 Å². The van der Waals surface area contributed by atoms with Crippen LogP contribution in [0.25, 0.3) is 0 Å². The summed E-state index contributed by atoms with van der Waals surface area (Å²) < 4.78 is 5.11. The molecule has 2 amide bonds. The molecule has 2 rings (SSSR count). The number of hydrogen-bond acceptors (Lipinski definition) is 5. The number of rotatable bonds is 8. The van der Waals surface area contributed by atoms with Gasteiger partial charge in [0.05, 0.1) is 18.1 Å². The maximum atomic E-state index is 12.9. The molecule has 0 radical (unpaired) electrons. The Kier molecular flexibility index (Phi) is 7.72. The highest BCUT2D eigenvalue weighted by Gasteiger charge is 2.41. The standard InChI is InChI=1S/C20H27NO4S/c1-4-10-26-13-14(2)18(22)15(3)19(23)21-17(12-25-20(21)24)11-16-8-6-5-7-9-16/h5-9,13,15,17-18,22H,4,10-12H2,1-3H3/b14-13+/t15-,17-,18+/m0/s1. The van der Waals surface area contributed by atoms with E-state index < -0.39 is 24.0 Å². The normalized spacial score (nSPS) is 20.0. The molecule has 0 unspecified atom stereocenters. The van der Waals surface area contributed by atoms with Gasteiger partial charge >= 0.3 is 6.09 Å². The first-order valence-electron chi connectivity index (χ1n) is 8.95. The molecule has 1 heterocycles. The van der Waals surface area contributed by atoms with Crippen LogP contribution in [-0.2, 0) is 16.0 Å². The lowest BCUT2D eigenvalue weighted by molar-refractivity contribution is -0.135. The largest absolute Gasteiger partial charge is 0.447 e. The number of benzene rings is 1. The summed E-state index contributed by atoms with van der Waals surface area (Å²) in [6.07, 6.45) is 0.0388. The van der Waals surface area contributed by atoms with Gasteiger partial charge in [0.15, 0.2) is 0 Å². The second-order valence-electron chi connectivity index (χ2n) is 6.59. The fourth-order valence-corrected chi connectivity index (χ4v) is 3.65. The first-order valence-corrected chi connectivity index (χ1v) is 10.0. The Morgan fingerprint density at radius 2 is 2.12 bits per heavy atom. The minimum Gasteiger partial charge on any atom is -0.447 e. The quantitative estimate of drug-likeness (QED) is 0.701. The van der Waals surface area contributed by atoms with Crippen LogP contribution in [0.15, 0.2) is 41.3 Å². The van der Waals surface area contributed by atoms with Gasteiger partial charge in [0, 0.05) is 0 Å². The minimum absolute atomic E-state index is 0.184. The molecule has 1 N–H and O–H groups in total. The van der Waals surface area contributed by atoms with E-state index in [9.17, 15) is 14.7 Å². The summed E-state index contributed by atoms with van der Waals surface area (Å²) in [5.41, 5.74) is 1.77. The topological polar surface area (TPSA) is 66.8 Å². The van der Waals surface area contributed by atoms with Gasteiger partial charge in [-0.3, -0.25) is 4.79 Å². The van der Waals surface area contributed by atoms with E-state index in [1.54, 1.807) is 25.6 Å². The smallest absolute Gasteiger partial charge is 0.416 e. The van der Waals surface area contributed by atoms with E-state index in [0.29, 0.717) is 6.42 Å². The molecule has 3 atom stereocenters. The van der Waals surface area contributed by atoms with Crippen LogP contribution >= 0.6 is 11.8 Å². The monoisotopic (exact) mass is 377 g/mol. The molecule has 1 aromatic rings. The van der Waals surface area contributed by atoms with Crippen molar-refractivity contribution in [2.75, 3.05) is 12.4 Å². The second-order valence-corrected chi connectivity index (χ2v) is 7.57. The molecule has 1 aliphatic rings. The number of nitrogens with zero attached hydrogens (tertiary/aromatic N) is 1. The summed E-state index contributed by atoms with van der Waals surface area (Å²) >= 11 is 1.62. The van der Waals surface area contributed by atoms with E-state index in [1.807, 2.05) is 35.7 Å². The highest BCUT2D eigenvalue weighted by atomic mass is 32.2. The molecule has 0 aliphatic carbocycles. The first-order chi connectivity index (χ1) is 12.5. The Hall–Kier alpha value is -1.79. The van der Waals surface area contributed by atoms with Crippen LogP contribution in [0, 0.1) is 5.92 Å². The Morgan fingerprint density at radius 1 is 1.42 bits per heavy atom. The molecular weight excluding hydrogens is 350 g/mol. The first kappa shape index (κ1) is 20.5. The highest BCUT2D eigenvalue weighted by molar-refractivity contribution is 8.02. The number of ether oxygens (including phenoxy) is 1. The summed E-state index contributed by atoms with van der Waals surface area (Å²) in [5, 5.41) is 12.4. The van der Waals surface area contributed by atoms with Gasteiger partial charge in [0.1, 0.15) is 6.61 Å². The van der Waals surface area contributed by atoms with Crippen molar-refractivity contribution >= 4 is 23.8 Å². The number of thioether (sulfide) groups is 1. The molecule has 5 nitrogen and oxygen atoms in total. The second kappa shape index (κ2) is 9.78. The van der Waals surface area contributed by atoms with Gasteiger partial charge in [-0.15, -0.1) is 11.8 Å². The van der Waals surface area contributed by atoms with Gasteiger partial charge in [-0.2, -0.15) is 0 Å². The Bertz CT molecular complexity index is 646. The number of hydrogen-bond donors (Lipinski definition) is 1. The third-order valence-electron chi connectivity index (χ3n) is 4.43. The van der Waals surface area contributed by atoms with E-state index in [4.69, 9.17) is 4.74 Å². The maximum absolute atomic E-state index is 12.9. The van der Waals surface area contributed by atoms with Crippen LogP contribution in [0.2, 0.25) is 0 Å². The van der Waals surface area contributed by atoms with Crippen molar-refractivity contribution in [3.8, 4) is 0 Å². The number of aliphatic hydroxyl groups excluding tert-OH is 1. The van der Waals surface area contributed by atoms with Gasteiger partial charge in [-0.25, -0.2) is 9.69 Å². The van der Waals surface area contributed by atoms with Crippen molar-refractivity contribution in [1.82, 2.24) is 4.90 Å². The van der Waals surface area contributed by atoms with Crippen LogP contribution in [0.4, 0.5) is 4.79 Å². The lowest BCUT2D eigenvalue weighted by Crippen LogP contribution is -2.45. The Balaban J connectivity index is 2.07. The van der Waals surface area contributed by atoms with Crippen LogP contribution in [0.3, 0.4) is 0 Å². The van der Waals surface area contributed by atoms with E-state index in [1.165, 1.54) is 4.90 Å². The molecule has 1 aromatic carbocycles. The van der Waals surface area contributed by atoms with Crippen molar-refractivity contribution in [1.29, 1.82) is 0 Å². The van der Waals surface area contributed by atoms with Crippen LogP contribution in [0.5, 0.6) is 0 Å². The zero-order valence-corrected chi connectivity index (χ0v) is 16.4. The SMILES string of the molecule is CCCS/C=C(\C)[C@@H](O)[C@H](C)C(=O)N1C(=O)OC[C@@H]1Cc1ccccc1. The average Bonchev–Trinajstić information content (AvgIpc) is 3.01. The number of amides is 2. The highest BCUT2D eigenvalue weighted by Crippen LogP contribution is 2.24. The number of carbonyl (C=O) groups excluding carboxylic acids is 2. The summed E-state index contributed by atoms with van der Waals surface area (Å²) in [7, 11) is 0. The molecule has 0 saturated carbocycles. The Morgan fingerprint density at radius 3 is 2.77 bits per heavy atom. The van der Waals surface area contributed by atoms with Gasteiger partial charge in [-0.05, 0) is 42.1 Å². The van der Waals surface area contributed by atoms with Crippen molar-refractivity contribution in [2.24, 2.45) is 5.92 Å². The molecule has 26 heavy (non-hydrogen) atoms. The van der Waals surface area contributed by atoms with E-state index >= 15 is 0 Å².